The van der Waals surface area contributed by atoms with Crippen molar-refractivity contribution < 1.29 is 9.53 Å². The number of carbonyl (C=O) groups excluding carboxylic acids is 1. The van der Waals surface area contributed by atoms with Crippen molar-refractivity contribution >= 4 is 65.5 Å². The van der Waals surface area contributed by atoms with Crippen LogP contribution in [0.2, 0.25) is 0 Å². The van der Waals surface area contributed by atoms with Gasteiger partial charge in [0.15, 0.2) is 0 Å². The molecule has 0 radical (unpaired) electrons. The van der Waals surface area contributed by atoms with Crippen molar-refractivity contribution in [1.29, 1.82) is 5.26 Å². The van der Waals surface area contributed by atoms with Gasteiger partial charge in [0.25, 0.3) is 5.91 Å². The lowest BCUT2D eigenvalue weighted by atomic mass is 10.1. The first kappa shape index (κ1) is 24.2. The standard InChI is InChI=1S/C25H19Br3N2O2/c1-15-3-8-23(16(2)9-15)30-25(31)19(13-29)10-18-11-21(27)24(22(28)12-18)32-14-17-4-6-20(26)7-5-17/h3-12H,14H2,1-2H3,(H,30,31)/b19-10+. The van der Waals surface area contributed by atoms with Crippen LogP contribution in [-0.4, -0.2) is 5.91 Å². The van der Waals surface area contributed by atoms with Gasteiger partial charge in [0.2, 0.25) is 0 Å². The van der Waals surface area contributed by atoms with E-state index in [4.69, 9.17) is 4.74 Å². The molecule has 1 N–H and O–H groups in total. The minimum Gasteiger partial charge on any atom is -0.487 e. The van der Waals surface area contributed by atoms with Crippen LogP contribution in [0.15, 0.2) is 73.6 Å². The highest BCUT2D eigenvalue weighted by molar-refractivity contribution is 9.11. The number of hydrogen-bond acceptors (Lipinski definition) is 3. The molecule has 0 bridgehead atoms. The summed E-state index contributed by atoms with van der Waals surface area (Å²) in [6, 6.07) is 19.2. The number of benzene rings is 3. The monoisotopic (exact) mass is 616 g/mol. The SMILES string of the molecule is Cc1ccc(NC(=O)/C(C#N)=C/c2cc(Br)c(OCc3ccc(Br)cc3)c(Br)c2)c(C)c1. The number of rotatable bonds is 6. The Morgan fingerprint density at radius 1 is 1.03 bits per heavy atom. The van der Waals surface area contributed by atoms with E-state index in [1.165, 1.54) is 0 Å². The predicted octanol–water partition coefficient (Wildman–Crippen LogP) is 7.72. The average molecular weight is 619 g/mol. The molecule has 0 saturated carbocycles. The molecular formula is C25H19Br3N2O2. The molecule has 0 aliphatic rings. The number of nitriles is 1. The summed E-state index contributed by atoms with van der Waals surface area (Å²) in [5, 5.41) is 12.4. The van der Waals surface area contributed by atoms with Gasteiger partial charge in [-0.05, 0) is 98.8 Å². The second-order valence-electron chi connectivity index (χ2n) is 7.17. The zero-order chi connectivity index (χ0) is 23.3. The topological polar surface area (TPSA) is 62.1 Å². The van der Waals surface area contributed by atoms with Gasteiger partial charge in [-0.15, -0.1) is 0 Å². The van der Waals surface area contributed by atoms with Crippen molar-refractivity contribution in [3.63, 3.8) is 0 Å². The molecule has 0 fully saturated rings. The molecule has 0 saturated heterocycles. The molecule has 0 aromatic heterocycles. The Balaban J connectivity index is 1.77. The van der Waals surface area contributed by atoms with E-state index in [-0.39, 0.29) is 5.57 Å². The highest BCUT2D eigenvalue weighted by Gasteiger charge is 2.13. The van der Waals surface area contributed by atoms with Crippen LogP contribution in [0.5, 0.6) is 5.75 Å². The van der Waals surface area contributed by atoms with Gasteiger partial charge < -0.3 is 10.1 Å². The van der Waals surface area contributed by atoms with Gasteiger partial charge in [-0.1, -0.05) is 45.8 Å². The summed E-state index contributed by atoms with van der Waals surface area (Å²) in [6.45, 7) is 4.31. The molecule has 4 nitrogen and oxygen atoms in total. The molecule has 1 amide bonds. The number of amides is 1. The van der Waals surface area contributed by atoms with Crippen LogP contribution in [0.4, 0.5) is 5.69 Å². The van der Waals surface area contributed by atoms with Crippen molar-refractivity contribution in [2.24, 2.45) is 0 Å². The molecule has 0 spiro atoms. The number of halogens is 3. The van der Waals surface area contributed by atoms with Crippen molar-refractivity contribution in [2.75, 3.05) is 5.32 Å². The molecule has 3 rings (SSSR count). The van der Waals surface area contributed by atoms with E-state index in [0.29, 0.717) is 32.6 Å². The summed E-state index contributed by atoms with van der Waals surface area (Å²) < 4.78 is 8.38. The smallest absolute Gasteiger partial charge is 0.266 e. The fourth-order valence-corrected chi connectivity index (χ4v) is 4.71. The zero-order valence-electron chi connectivity index (χ0n) is 17.4. The summed E-state index contributed by atoms with van der Waals surface area (Å²) >= 11 is 10.5. The molecule has 3 aromatic rings. The molecule has 7 heteroatoms. The maximum atomic E-state index is 12.7. The molecule has 162 valence electrons. The van der Waals surface area contributed by atoms with Crippen LogP contribution in [0.1, 0.15) is 22.3 Å². The average Bonchev–Trinajstić information content (AvgIpc) is 2.74. The highest BCUT2D eigenvalue weighted by Crippen LogP contribution is 2.36. The molecule has 0 atom stereocenters. The summed E-state index contributed by atoms with van der Waals surface area (Å²) in [5.41, 5.74) is 4.45. The van der Waals surface area contributed by atoms with Crippen LogP contribution in [-0.2, 0) is 11.4 Å². The first-order chi connectivity index (χ1) is 15.3. The van der Waals surface area contributed by atoms with Gasteiger partial charge in [0.1, 0.15) is 24.0 Å². The number of carbonyl (C=O) groups is 1. The van der Waals surface area contributed by atoms with Crippen molar-refractivity contribution in [2.45, 2.75) is 20.5 Å². The Kier molecular flexibility index (Phi) is 8.30. The van der Waals surface area contributed by atoms with Crippen molar-refractivity contribution in [3.05, 3.63) is 95.8 Å². The zero-order valence-corrected chi connectivity index (χ0v) is 22.1. The minimum absolute atomic E-state index is 0.00676. The van der Waals surface area contributed by atoms with Gasteiger partial charge in [0, 0.05) is 10.2 Å². The largest absolute Gasteiger partial charge is 0.487 e. The molecular weight excluding hydrogens is 600 g/mol. The van der Waals surface area contributed by atoms with Crippen LogP contribution < -0.4 is 10.1 Å². The lowest BCUT2D eigenvalue weighted by Crippen LogP contribution is -2.14. The van der Waals surface area contributed by atoms with Gasteiger partial charge in [0.05, 0.1) is 8.95 Å². The highest BCUT2D eigenvalue weighted by atomic mass is 79.9. The van der Waals surface area contributed by atoms with Crippen molar-refractivity contribution in [3.8, 4) is 11.8 Å². The van der Waals surface area contributed by atoms with E-state index in [2.05, 4.69) is 53.1 Å². The number of anilines is 1. The number of ether oxygens (including phenoxy) is 1. The summed E-state index contributed by atoms with van der Waals surface area (Å²) in [5.74, 6) is 0.186. The Labute approximate surface area is 212 Å². The molecule has 0 unspecified atom stereocenters. The second kappa shape index (κ2) is 11.0. The first-order valence-electron chi connectivity index (χ1n) is 9.63. The van der Waals surface area contributed by atoms with E-state index < -0.39 is 5.91 Å². The van der Waals surface area contributed by atoms with Crippen LogP contribution in [0.25, 0.3) is 6.08 Å². The number of nitrogens with one attached hydrogen (secondary N) is 1. The molecule has 0 aliphatic carbocycles. The van der Waals surface area contributed by atoms with Gasteiger partial charge in [-0.2, -0.15) is 5.26 Å². The van der Waals surface area contributed by atoms with Crippen molar-refractivity contribution in [1.82, 2.24) is 0 Å². The van der Waals surface area contributed by atoms with E-state index >= 15 is 0 Å². The lowest BCUT2D eigenvalue weighted by Gasteiger charge is -2.12. The summed E-state index contributed by atoms with van der Waals surface area (Å²) in [4.78, 5) is 12.7. The van der Waals surface area contributed by atoms with Crippen LogP contribution >= 0.6 is 47.8 Å². The third-order valence-electron chi connectivity index (χ3n) is 4.62. The third-order valence-corrected chi connectivity index (χ3v) is 6.33. The van der Waals surface area contributed by atoms with Gasteiger partial charge in [-0.25, -0.2) is 0 Å². The lowest BCUT2D eigenvalue weighted by molar-refractivity contribution is -0.112. The molecule has 0 heterocycles. The number of aryl methyl sites for hydroxylation is 2. The first-order valence-corrected chi connectivity index (χ1v) is 12.0. The molecule has 0 aliphatic heterocycles. The summed E-state index contributed by atoms with van der Waals surface area (Å²) in [6.07, 6.45) is 1.55. The second-order valence-corrected chi connectivity index (χ2v) is 9.80. The maximum Gasteiger partial charge on any atom is 0.266 e. The Hall–Kier alpha value is -2.40. The number of nitrogens with zero attached hydrogens (tertiary/aromatic N) is 1. The molecule has 3 aromatic carbocycles. The minimum atomic E-state index is -0.456. The van der Waals surface area contributed by atoms with E-state index in [1.807, 2.05) is 74.5 Å². The van der Waals surface area contributed by atoms with Gasteiger partial charge in [-0.3, -0.25) is 4.79 Å². The maximum absolute atomic E-state index is 12.7. The fraction of sp³-hybridized carbons (Fsp3) is 0.120. The van der Waals surface area contributed by atoms with Crippen LogP contribution in [0, 0.1) is 25.2 Å². The third kappa shape index (κ3) is 6.32. The summed E-state index contributed by atoms with van der Waals surface area (Å²) in [7, 11) is 0. The Morgan fingerprint density at radius 3 is 2.28 bits per heavy atom. The van der Waals surface area contributed by atoms with E-state index in [9.17, 15) is 10.1 Å². The van der Waals surface area contributed by atoms with Gasteiger partial charge >= 0.3 is 0 Å². The van der Waals surface area contributed by atoms with E-state index in [1.54, 1.807) is 6.08 Å². The van der Waals surface area contributed by atoms with Crippen LogP contribution in [0.3, 0.4) is 0 Å². The molecule has 32 heavy (non-hydrogen) atoms. The normalized spacial score (nSPS) is 11.1. The quantitative estimate of drug-likeness (QED) is 0.227. The number of hydrogen-bond donors (Lipinski definition) is 1. The Bertz CT molecular complexity index is 1210. The fourth-order valence-electron chi connectivity index (χ4n) is 3.00. The Morgan fingerprint density at radius 2 is 1.69 bits per heavy atom. The predicted molar refractivity (Wildman–Crippen MR) is 138 cm³/mol. The van der Waals surface area contributed by atoms with E-state index in [0.717, 1.165) is 21.2 Å².